The second-order valence-electron chi connectivity index (χ2n) is 9.83. The van der Waals surface area contributed by atoms with Crippen LogP contribution in [-0.4, -0.2) is 57.8 Å². The Labute approximate surface area is 209 Å². The Balaban J connectivity index is 1.80. The number of carbonyl (C=O) groups excluding carboxylic acids is 4. The fraction of sp³-hybridized carbons (Fsp3) is 0.571. The Morgan fingerprint density at radius 1 is 0.714 bits per heavy atom. The van der Waals surface area contributed by atoms with Crippen molar-refractivity contribution in [3.05, 3.63) is 47.0 Å². The maximum atomic E-state index is 12.6. The molecule has 0 aromatic carbocycles. The van der Waals surface area contributed by atoms with Gasteiger partial charge < -0.3 is 14.0 Å². The third-order valence-corrected chi connectivity index (χ3v) is 6.14. The van der Waals surface area contributed by atoms with Gasteiger partial charge in [-0.2, -0.15) is 0 Å². The summed E-state index contributed by atoms with van der Waals surface area (Å²) in [7, 11) is 7.69. The smallest absolute Gasteiger partial charge is 0.179 e. The highest BCUT2D eigenvalue weighted by Crippen LogP contribution is 2.16. The number of aromatic nitrogens is 2. The Morgan fingerprint density at radius 2 is 1.20 bits per heavy atom. The van der Waals surface area contributed by atoms with Gasteiger partial charge >= 0.3 is 0 Å². The highest BCUT2D eigenvalue weighted by atomic mass is 16.1. The first-order valence-electron chi connectivity index (χ1n) is 12.7. The lowest BCUT2D eigenvalue weighted by Gasteiger charge is -2.08. The molecular formula is C28H41N3O4. The first-order valence-corrected chi connectivity index (χ1v) is 12.7. The largest absolute Gasteiger partial charge is 0.348 e. The molecule has 0 amide bonds. The SMILES string of the molecule is CCCC(=O)Cc1cc(C(=O)CCCC(=O)Cc2cc(C(=O)CCCCN(C)C)n(C)c2)n(C)c1. The van der Waals surface area contributed by atoms with Crippen LogP contribution in [0.4, 0.5) is 0 Å². The molecule has 0 aliphatic rings. The van der Waals surface area contributed by atoms with Crippen LogP contribution in [-0.2, 0) is 36.5 Å². The van der Waals surface area contributed by atoms with Gasteiger partial charge in [-0.1, -0.05) is 6.92 Å². The monoisotopic (exact) mass is 483 g/mol. The standard InChI is InChI=1S/C28H41N3O4/c1-6-10-23(32)15-21-17-26(31(5)19-21)28(35)13-9-11-24(33)16-22-18-25(30(4)20-22)27(34)12-7-8-14-29(2)3/h17-20H,6-16H2,1-5H3. The van der Waals surface area contributed by atoms with Crippen LogP contribution in [0.5, 0.6) is 0 Å². The molecule has 2 aromatic rings. The summed E-state index contributed by atoms with van der Waals surface area (Å²) >= 11 is 0. The van der Waals surface area contributed by atoms with Crippen LogP contribution in [0.25, 0.3) is 0 Å². The maximum Gasteiger partial charge on any atom is 0.179 e. The number of Topliss-reactive ketones (excluding diaryl/α,β-unsaturated/α-hetero) is 4. The molecule has 2 rings (SSSR count). The fourth-order valence-electron chi connectivity index (χ4n) is 4.34. The Kier molecular flexibility index (Phi) is 11.3. The van der Waals surface area contributed by atoms with E-state index in [2.05, 4.69) is 4.90 Å². The number of unbranched alkanes of at least 4 members (excludes halogenated alkanes) is 1. The summed E-state index contributed by atoms with van der Waals surface area (Å²) in [4.78, 5) is 51.7. The van der Waals surface area contributed by atoms with E-state index >= 15 is 0 Å². The van der Waals surface area contributed by atoms with Gasteiger partial charge in [-0.15, -0.1) is 0 Å². The first-order chi connectivity index (χ1) is 16.6. The van der Waals surface area contributed by atoms with Crippen molar-refractivity contribution in [1.82, 2.24) is 14.0 Å². The zero-order chi connectivity index (χ0) is 26.0. The number of ketones is 4. The van der Waals surface area contributed by atoms with Crippen LogP contribution < -0.4 is 0 Å². The van der Waals surface area contributed by atoms with Crippen molar-refractivity contribution in [3.63, 3.8) is 0 Å². The Bertz CT molecular complexity index is 1030. The number of hydrogen-bond acceptors (Lipinski definition) is 5. The predicted octanol–water partition coefficient (Wildman–Crippen LogP) is 4.35. The minimum Gasteiger partial charge on any atom is -0.348 e. The molecule has 0 aliphatic heterocycles. The van der Waals surface area contributed by atoms with E-state index in [1.807, 2.05) is 53.6 Å². The van der Waals surface area contributed by atoms with Crippen molar-refractivity contribution in [2.24, 2.45) is 14.1 Å². The minimum atomic E-state index is -0.0173. The van der Waals surface area contributed by atoms with Crippen LogP contribution in [0.15, 0.2) is 24.5 Å². The van der Waals surface area contributed by atoms with Crippen molar-refractivity contribution in [1.29, 1.82) is 0 Å². The lowest BCUT2D eigenvalue weighted by Crippen LogP contribution is -2.13. The van der Waals surface area contributed by atoms with Gasteiger partial charge in [0.1, 0.15) is 11.6 Å². The average Bonchev–Trinajstić information content (AvgIpc) is 3.32. The fourth-order valence-corrected chi connectivity index (χ4v) is 4.34. The van der Waals surface area contributed by atoms with Crippen LogP contribution in [0.3, 0.4) is 0 Å². The molecule has 0 saturated heterocycles. The molecule has 0 radical (unpaired) electrons. The van der Waals surface area contributed by atoms with E-state index in [0.717, 1.165) is 36.9 Å². The first kappa shape index (κ1) is 28.4. The summed E-state index contributed by atoms with van der Waals surface area (Å²) in [6.45, 7) is 2.94. The topological polar surface area (TPSA) is 81.4 Å². The van der Waals surface area contributed by atoms with Gasteiger partial charge in [0.15, 0.2) is 11.6 Å². The van der Waals surface area contributed by atoms with Gasteiger partial charge in [-0.25, -0.2) is 0 Å². The molecule has 0 fully saturated rings. The lowest BCUT2D eigenvalue weighted by atomic mass is 10.0. The van der Waals surface area contributed by atoms with Gasteiger partial charge in [-0.05, 0) is 69.6 Å². The summed E-state index contributed by atoms with van der Waals surface area (Å²) in [6.07, 6.45) is 9.11. The number of rotatable bonds is 17. The third-order valence-electron chi connectivity index (χ3n) is 6.14. The molecular weight excluding hydrogens is 442 g/mol. The summed E-state index contributed by atoms with van der Waals surface area (Å²) in [6, 6.07) is 3.61. The highest BCUT2D eigenvalue weighted by molar-refractivity contribution is 5.96. The van der Waals surface area contributed by atoms with Gasteiger partial charge in [0, 0.05) is 65.0 Å². The molecule has 7 nitrogen and oxygen atoms in total. The van der Waals surface area contributed by atoms with Crippen molar-refractivity contribution < 1.29 is 19.2 Å². The van der Waals surface area contributed by atoms with Gasteiger partial charge in [0.25, 0.3) is 0 Å². The van der Waals surface area contributed by atoms with Crippen molar-refractivity contribution in [2.75, 3.05) is 20.6 Å². The third kappa shape index (κ3) is 9.40. The van der Waals surface area contributed by atoms with E-state index in [4.69, 9.17) is 0 Å². The molecule has 0 saturated carbocycles. The molecule has 0 bridgehead atoms. The van der Waals surface area contributed by atoms with E-state index in [1.165, 1.54) is 0 Å². The molecule has 0 aliphatic carbocycles. The zero-order valence-electron chi connectivity index (χ0n) is 22.1. The van der Waals surface area contributed by atoms with Crippen molar-refractivity contribution in [3.8, 4) is 0 Å². The van der Waals surface area contributed by atoms with Crippen LogP contribution in [0.1, 0.15) is 90.4 Å². The Morgan fingerprint density at radius 3 is 1.69 bits per heavy atom. The van der Waals surface area contributed by atoms with E-state index in [1.54, 1.807) is 15.2 Å². The van der Waals surface area contributed by atoms with E-state index in [0.29, 0.717) is 43.5 Å². The quantitative estimate of drug-likeness (QED) is 0.247. The second kappa shape index (κ2) is 13.9. The van der Waals surface area contributed by atoms with E-state index in [9.17, 15) is 19.2 Å². The number of carbonyl (C=O) groups is 4. The van der Waals surface area contributed by atoms with Crippen molar-refractivity contribution >= 4 is 23.1 Å². The summed E-state index contributed by atoms with van der Waals surface area (Å²) in [5, 5.41) is 0. The molecule has 0 unspecified atom stereocenters. The lowest BCUT2D eigenvalue weighted by molar-refractivity contribution is -0.119. The maximum absolute atomic E-state index is 12.6. The highest BCUT2D eigenvalue weighted by Gasteiger charge is 2.16. The molecule has 192 valence electrons. The van der Waals surface area contributed by atoms with Crippen molar-refractivity contribution in [2.45, 2.75) is 71.1 Å². The van der Waals surface area contributed by atoms with Crippen LogP contribution >= 0.6 is 0 Å². The summed E-state index contributed by atoms with van der Waals surface area (Å²) in [5.74, 6) is 0.328. The number of nitrogens with zero attached hydrogens (tertiary/aromatic N) is 3. The molecule has 0 atom stereocenters. The summed E-state index contributed by atoms with van der Waals surface area (Å²) in [5.41, 5.74) is 2.92. The average molecular weight is 484 g/mol. The molecule has 35 heavy (non-hydrogen) atoms. The van der Waals surface area contributed by atoms with Gasteiger partial charge in [0.2, 0.25) is 0 Å². The normalized spacial score (nSPS) is 11.3. The van der Waals surface area contributed by atoms with Gasteiger partial charge in [0.05, 0.1) is 11.4 Å². The van der Waals surface area contributed by atoms with Crippen LogP contribution in [0, 0.1) is 0 Å². The molecule has 2 aromatic heterocycles. The zero-order valence-corrected chi connectivity index (χ0v) is 22.1. The van der Waals surface area contributed by atoms with Crippen LogP contribution in [0.2, 0.25) is 0 Å². The van der Waals surface area contributed by atoms with Gasteiger partial charge in [-0.3, -0.25) is 19.2 Å². The number of hydrogen-bond donors (Lipinski definition) is 0. The minimum absolute atomic E-state index is 0.0173. The number of aryl methyl sites for hydroxylation is 2. The molecule has 0 N–H and O–H groups in total. The van der Waals surface area contributed by atoms with E-state index < -0.39 is 0 Å². The predicted molar refractivity (Wildman–Crippen MR) is 138 cm³/mol. The Hall–Kier alpha value is -2.80. The summed E-state index contributed by atoms with van der Waals surface area (Å²) < 4.78 is 3.57. The second-order valence-corrected chi connectivity index (χ2v) is 9.83. The molecule has 2 heterocycles. The molecule has 7 heteroatoms. The van der Waals surface area contributed by atoms with E-state index in [-0.39, 0.29) is 36.0 Å². The molecule has 0 spiro atoms.